The minimum absolute atomic E-state index is 0.361. The van der Waals surface area contributed by atoms with Gasteiger partial charge < -0.3 is 9.47 Å². The van der Waals surface area contributed by atoms with Gasteiger partial charge in [0.2, 0.25) is 0 Å². The van der Waals surface area contributed by atoms with E-state index < -0.39 is 0 Å². The van der Waals surface area contributed by atoms with Crippen molar-refractivity contribution in [3.05, 3.63) is 67.3 Å². The van der Waals surface area contributed by atoms with Crippen LogP contribution >= 0.6 is 0 Å². The molecule has 0 bridgehead atoms. The molecular weight excluding hydrogens is 328 g/mol. The van der Waals surface area contributed by atoms with E-state index in [2.05, 4.69) is 16.8 Å². The van der Waals surface area contributed by atoms with Gasteiger partial charge in [0.1, 0.15) is 5.75 Å². The Hall–Kier alpha value is -2.95. The molecule has 2 aromatic carbocycles. The molecule has 2 aromatic rings. The highest BCUT2D eigenvalue weighted by molar-refractivity contribution is 5.81. The first-order valence-corrected chi connectivity index (χ1v) is 8.77. The molecule has 5 nitrogen and oxygen atoms in total. The van der Waals surface area contributed by atoms with Crippen molar-refractivity contribution < 1.29 is 14.3 Å². The second-order valence-corrected chi connectivity index (χ2v) is 5.66. The van der Waals surface area contributed by atoms with Gasteiger partial charge in [-0.1, -0.05) is 24.8 Å². The number of rotatable bonds is 11. The van der Waals surface area contributed by atoms with E-state index in [1.807, 2.05) is 54.6 Å². The van der Waals surface area contributed by atoms with Gasteiger partial charge in [-0.25, -0.2) is 4.79 Å². The van der Waals surface area contributed by atoms with Gasteiger partial charge in [-0.15, -0.1) is 0 Å². The number of ether oxygens (including phenoxy) is 2. The van der Waals surface area contributed by atoms with Crippen LogP contribution in [0.1, 0.15) is 25.7 Å². The fraction of sp³-hybridized carbons (Fsp3) is 0.286. The molecule has 0 unspecified atom stereocenters. The number of azo groups is 1. The molecule has 0 saturated carbocycles. The molecule has 26 heavy (non-hydrogen) atoms. The van der Waals surface area contributed by atoms with E-state index in [9.17, 15) is 4.79 Å². The number of esters is 1. The minimum Gasteiger partial charge on any atom is -0.494 e. The zero-order valence-electron chi connectivity index (χ0n) is 14.8. The summed E-state index contributed by atoms with van der Waals surface area (Å²) >= 11 is 0. The molecule has 0 fully saturated rings. The van der Waals surface area contributed by atoms with Crippen LogP contribution in [0.4, 0.5) is 11.4 Å². The molecule has 0 saturated heterocycles. The second-order valence-electron chi connectivity index (χ2n) is 5.66. The topological polar surface area (TPSA) is 60.2 Å². The van der Waals surface area contributed by atoms with Crippen molar-refractivity contribution in [3.8, 4) is 5.75 Å². The molecule has 0 spiro atoms. The lowest BCUT2D eigenvalue weighted by Gasteiger charge is -2.06. The van der Waals surface area contributed by atoms with Crippen LogP contribution in [0.15, 0.2) is 77.5 Å². The highest BCUT2D eigenvalue weighted by Gasteiger charge is 1.97. The fourth-order valence-electron chi connectivity index (χ4n) is 2.20. The van der Waals surface area contributed by atoms with Gasteiger partial charge in [-0.2, -0.15) is 10.2 Å². The zero-order valence-corrected chi connectivity index (χ0v) is 14.8. The first kappa shape index (κ1) is 19.4. The number of nitrogens with zero attached hydrogens (tertiary/aromatic N) is 2. The summed E-state index contributed by atoms with van der Waals surface area (Å²) in [6.45, 7) is 4.47. The predicted molar refractivity (Wildman–Crippen MR) is 102 cm³/mol. The lowest BCUT2D eigenvalue weighted by molar-refractivity contribution is -0.137. The molecule has 0 heterocycles. The summed E-state index contributed by atoms with van der Waals surface area (Å²) in [5.74, 6) is 0.462. The Morgan fingerprint density at radius 2 is 1.46 bits per heavy atom. The molecule has 0 radical (unpaired) electrons. The Morgan fingerprint density at radius 1 is 0.846 bits per heavy atom. The van der Waals surface area contributed by atoms with Crippen molar-refractivity contribution in [1.82, 2.24) is 0 Å². The van der Waals surface area contributed by atoms with E-state index in [-0.39, 0.29) is 5.97 Å². The first-order chi connectivity index (χ1) is 12.8. The van der Waals surface area contributed by atoms with Gasteiger partial charge >= 0.3 is 5.97 Å². The van der Waals surface area contributed by atoms with Crippen molar-refractivity contribution in [1.29, 1.82) is 0 Å². The van der Waals surface area contributed by atoms with E-state index in [0.717, 1.165) is 42.8 Å². The van der Waals surface area contributed by atoms with Crippen LogP contribution < -0.4 is 4.74 Å². The summed E-state index contributed by atoms with van der Waals surface area (Å²) in [4.78, 5) is 10.9. The quantitative estimate of drug-likeness (QED) is 0.223. The third kappa shape index (κ3) is 7.75. The third-order valence-electron chi connectivity index (χ3n) is 3.59. The Balaban J connectivity index is 1.60. The lowest BCUT2D eigenvalue weighted by atomic mass is 10.2. The molecule has 0 N–H and O–H groups in total. The largest absolute Gasteiger partial charge is 0.494 e. The van der Waals surface area contributed by atoms with E-state index in [0.29, 0.717) is 13.2 Å². The van der Waals surface area contributed by atoms with Crippen LogP contribution in [0.5, 0.6) is 5.75 Å². The minimum atomic E-state index is -0.361. The van der Waals surface area contributed by atoms with Gasteiger partial charge in [-0.05, 0) is 62.1 Å². The van der Waals surface area contributed by atoms with Crippen LogP contribution in [0.25, 0.3) is 0 Å². The first-order valence-electron chi connectivity index (χ1n) is 8.77. The standard InChI is InChI=1S/C21H24N2O3/c1-2-21(24)26-17-9-4-3-8-16-25-20-14-12-19(13-15-20)23-22-18-10-6-5-7-11-18/h2,5-7,10-15H,1,3-4,8-9,16-17H2. The number of carbonyl (C=O) groups excluding carboxylic acids is 1. The predicted octanol–water partition coefficient (Wildman–Crippen LogP) is 5.77. The summed E-state index contributed by atoms with van der Waals surface area (Å²) in [5, 5.41) is 8.38. The third-order valence-corrected chi connectivity index (χ3v) is 3.59. The zero-order chi connectivity index (χ0) is 18.5. The average molecular weight is 352 g/mol. The van der Waals surface area contributed by atoms with Crippen LogP contribution in [0.2, 0.25) is 0 Å². The van der Waals surface area contributed by atoms with E-state index in [1.54, 1.807) is 0 Å². The molecule has 2 rings (SSSR count). The summed E-state index contributed by atoms with van der Waals surface area (Å²) < 4.78 is 10.6. The van der Waals surface area contributed by atoms with Crippen molar-refractivity contribution in [3.63, 3.8) is 0 Å². The van der Waals surface area contributed by atoms with Crippen molar-refractivity contribution in [2.75, 3.05) is 13.2 Å². The molecule has 0 aliphatic heterocycles. The highest BCUT2D eigenvalue weighted by Crippen LogP contribution is 2.21. The average Bonchev–Trinajstić information content (AvgIpc) is 2.70. The number of hydrogen-bond donors (Lipinski definition) is 0. The molecule has 0 atom stereocenters. The normalized spacial score (nSPS) is 10.6. The number of unbranched alkanes of at least 4 members (excludes halogenated alkanes) is 3. The molecule has 136 valence electrons. The summed E-state index contributed by atoms with van der Waals surface area (Å²) in [7, 11) is 0. The summed E-state index contributed by atoms with van der Waals surface area (Å²) in [6.07, 6.45) is 5.05. The Morgan fingerprint density at radius 3 is 2.12 bits per heavy atom. The van der Waals surface area contributed by atoms with Crippen molar-refractivity contribution in [2.45, 2.75) is 25.7 Å². The number of hydrogen-bond acceptors (Lipinski definition) is 5. The monoisotopic (exact) mass is 352 g/mol. The molecular formula is C21H24N2O3. The summed E-state index contributed by atoms with van der Waals surface area (Å²) in [5.41, 5.74) is 1.61. The van der Waals surface area contributed by atoms with E-state index >= 15 is 0 Å². The molecule has 0 aromatic heterocycles. The van der Waals surface area contributed by atoms with Gasteiger partial charge in [0.05, 0.1) is 24.6 Å². The maximum absolute atomic E-state index is 10.9. The van der Waals surface area contributed by atoms with Gasteiger partial charge in [0.25, 0.3) is 0 Å². The van der Waals surface area contributed by atoms with Crippen molar-refractivity contribution in [2.24, 2.45) is 10.2 Å². The second kappa shape index (κ2) is 11.6. The van der Waals surface area contributed by atoms with Gasteiger partial charge in [0.15, 0.2) is 0 Å². The van der Waals surface area contributed by atoms with Crippen LogP contribution in [-0.4, -0.2) is 19.2 Å². The Kier molecular flexibility index (Phi) is 8.63. The highest BCUT2D eigenvalue weighted by atomic mass is 16.5. The van der Waals surface area contributed by atoms with Crippen molar-refractivity contribution >= 4 is 17.3 Å². The summed E-state index contributed by atoms with van der Waals surface area (Å²) in [6, 6.07) is 17.2. The Labute approximate surface area is 154 Å². The Bertz CT molecular complexity index is 697. The maximum Gasteiger partial charge on any atom is 0.330 e. The molecule has 0 amide bonds. The molecule has 0 aliphatic carbocycles. The van der Waals surface area contributed by atoms with E-state index in [4.69, 9.17) is 9.47 Å². The van der Waals surface area contributed by atoms with Gasteiger partial charge in [-0.3, -0.25) is 0 Å². The number of benzene rings is 2. The lowest BCUT2D eigenvalue weighted by Crippen LogP contribution is -2.02. The molecule has 5 heteroatoms. The van der Waals surface area contributed by atoms with Crippen LogP contribution in [-0.2, 0) is 9.53 Å². The van der Waals surface area contributed by atoms with E-state index in [1.165, 1.54) is 6.08 Å². The fourth-order valence-corrected chi connectivity index (χ4v) is 2.20. The SMILES string of the molecule is C=CC(=O)OCCCCCCOc1ccc(N=Nc2ccccc2)cc1. The van der Waals surface area contributed by atoms with Gasteiger partial charge in [0, 0.05) is 6.08 Å². The number of carbonyl (C=O) groups is 1. The van der Waals surface area contributed by atoms with Crippen LogP contribution in [0.3, 0.4) is 0 Å². The smallest absolute Gasteiger partial charge is 0.330 e. The maximum atomic E-state index is 10.9. The molecule has 0 aliphatic rings. The van der Waals surface area contributed by atoms with Crippen LogP contribution in [0, 0.1) is 0 Å².